The van der Waals surface area contributed by atoms with Gasteiger partial charge in [-0.25, -0.2) is 4.79 Å². The first-order valence-electron chi connectivity index (χ1n) is 7.77. The van der Waals surface area contributed by atoms with Crippen LogP contribution in [0.15, 0.2) is 35.0 Å². The van der Waals surface area contributed by atoms with Gasteiger partial charge in [0.25, 0.3) is 0 Å². The Morgan fingerprint density at radius 3 is 2.78 bits per heavy atom. The van der Waals surface area contributed by atoms with E-state index in [2.05, 4.69) is 22.1 Å². The average Bonchev–Trinajstić information content (AvgIpc) is 3.26. The Hall–Kier alpha value is -2.21. The molecule has 3 heterocycles. The monoisotopic (exact) mass is 330 g/mol. The Balaban J connectivity index is 1.35. The third-order valence-corrected chi connectivity index (χ3v) is 5.12. The number of anilines is 1. The van der Waals surface area contributed by atoms with Crippen LogP contribution in [-0.2, 0) is 0 Å². The zero-order valence-corrected chi connectivity index (χ0v) is 13.5. The van der Waals surface area contributed by atoms with Crippen LogP contribution >= 0.6 is 11.3 Å². The standard InChI is InChI=1S/C17H18N2O3S/c20-17(18-14-1-2-15-16(9-14)22-11-21-15)19-6-3-12(4-7-19)13-5-8-23-10-13/h1-2,5,8-10,12H,3-4,6-7,11H2,(H,18,20). The number of ether oxygens (including phenoxy) is 2. The normalized spacial score (nSPS) is 17.3. The van der Waals surface area contributed by atoms with Crippen LogP contribution in [0.25, 0.3) is 0 Å². The molecule has 23 heavy (non-hydrogen) atoms. The number of nitrogens with zero attached hydrogens (tertiary/aromatic N) is 1. The fourth-order valence-electron chi connectivity index (χ4n) is 3.10. The van der Waals surface area contributed by atoms with Crippen LogP contribution in [0.3, 0.4) is 0 Å². The van der Waals surface area contributed by atoms with Crippen molar-refractivity contribution in [3.8, 4) is 11.5 Å². The smallest absolute Gasteiger partial charge is 0.321 e. The van der Waals surface area contributed by atoms with Crippen molar-refractivity contribution in [3.63, 3.8) is 0 Å². The van der Waals surface area contributed by atoms with E-state index in [1.807, 2.05) is 17.0 Å². The number of piperidine rings is 1. The lowest BCUT2D eigenvalue weighted by atomic mass is 9.91. The van der Waals surface area contributed by atoms with Crippen molar-refractivity contribution in [1.82, 2.24) is 4.90 Å². The Morgan fingerprint density at radius 1 is 1.17 bits per heavy atom. The fraction of sp³-hybridized carbons (Fsp3) is 0.353. The number of likely N-dealkylation sites (tertiary alicyclic amines) is 1. The van der Waals surface area contributed by atoms with Crippen molar-refractivity contribution in [2.45, 2.75) is 18.8 Å². The van der Waals surface area contributed by atoms with E-state index >= 15 is 0 Å². The predicted molar refractivity (Wildman–Crippen MR) is 89.5 cm³/mol. The van der Waals surface area contributed by atoms with Crippen LogP contribution in [0.5, 0.6) is 11.5 Å². The largest absolute Gasteiger partial charge is 0.454 e. The summed E-state index contributed by atoms with van der Waals surface area (Å²) in [5.41, 5.74) is 2.14. The molecule has 1 aromatic carbocycles. The summed E-state index contributed by atoms with van der Waals surface area (Å²) in [5, 5.41) is 7.28. The summed E-state index contributed by atoms with van der Waals surface area (Å²) in [5.74, 6) is 1.98. The Kier molecular flexibility index (Phi) is 3.83. The van der Waals surface area contributed by atoms with Gasteiger partial charge in [0.1, 0.15) is 0 Å². The summed E-state index contributed by atoms with van der Waals surface area (Å²) in [6.07, 6.45) is 2.04. The summed E-state index contributed by atoms with van der Waals surface area (Å²) in [6.45, 7) is 1.82. The molecule has 0 atom stereocenters. The summed E-state index contributed by atoms with van der Waals surface area (Å²) in [4.78, 5) is 14.3. The van der Waals surface area contributed by atoms with E-state index in [-0.39, 0.29) is 12.8 Å². The number of urea groups is 1. The molecule has 1 N–H and O–H groups in total. The maximum atomic E-state index is 12.4. The number of hydrogen-bond donors (Lipinski definition) is 1. The van der Waals surface area contributed by atoms with Gasteiger partial charge in [-0.05, 0) is 53.3 Å². The van der Waals surface area contributed by atoms with E-state index in [0.29, 0.717) is 11.7 Å². The van der Waals surface area contributed by atoms with Crippen LogP contribution in [0.1, 0.15) is 24.3 Å². The Bertz CT molecular complexity index is 694. The first kappa shape index (κ1) is 14.4. The molecule has 2 aromatic rings. The van der Waals surface area contributed by atoms with E-state index in [4.69, 9.17) is 9.47 Å². The van der Waals surface area contributed by atoms with Gasteiger partial charge < -0.3 is 19.7 Å². The maximum Gasteiger partial charge on any atom is 0.321 e. The van der Waals surface area contributed by atoms with Gasteiger partial charge in [-0.1, -0.05) is 0 Å². The van der Waals surface area contributed by atoms with Gasteiger partial charge in [0.2, 0.25) is 6.79 Å². The molecule has 0 unspecified atom stereocenters. The van der Waals surface area contributed by atoms with Gasteiger partial charge in [0.15, 0.2) is 11.5 Å². The molecular weight excluding hydrogens is 312 g/mol. The second-order valence-electron chi connectivity index (χ2n) is 5.82. The van der Waals surface area contributed by atoms with E-state index in [0.717, 1.165) is 37.4 Å². The molecule has 1 saturated heterocycles. The van der Waals surface area contributed by atoms with Crippen LogP contribution in [0.2, 0.25) is 0 Å². The van der Waals surface area contributed by atoms with Crippen LogP contribution < -0.4 is 14.8 Å². The second kappa shape index (κ2) is 6.12. The number of nitrogens with one attached hydrogen (secondary N) is 1. The zero-order valence-electron chi connectivity index (χ0n) is 12.7. The Morgan fingerprint density at radius 2 is 2.00 bits per heavy atom. The number of thiophene rings is 1. The molecule has 0 bridgehead atoms. The van der Waals surface area contributed by atoms with Gasteiger partial charge in [-0.3, -0.25) is 0 Å². The average molecular weight is 330 g/mol. The zero-order chi connectivity index (χ0) is 15.6. The van der Waals surface area contributed by atoms with Crippen LogP contribution in [0.4, 0.5) is 10.5 Å². The highest BCUT2D eigenvalue weighted by Crippen LogP contribution is 2.34. The highest BCUT2D eigenvalue weighted by Gasteiger charge is 2.24. The van der Waals surface area contributed by atoms with Crippen molar-refractivity contribution in [1.29, 1.82) is 0 Å². The summed E-state index contributed by atoms with van der Waals surface area (Å²) in [6, 6.07) is 7.60. The minimum atomic E-state index is -0.0485. The Labute approximate surface area is 138 Å². The molecule has 1 aromatic heterocycles. The lowest BCUT2D eigenvalue weighted by molar-refractivity contribution is 0.174. The van der Waals surface area contributed by atoms with Crippen molar-refractivity contribution < 1.29 is 14.3 Å². The molecule has 2 aliphatic rings. The summed E-state index contributed by atoms with van der Waals surface area (Å²) < 4.78 is 10.6. The fourth-order valence-corrected chi connectivity index (χ4v) is 3.84. The lowest BCUT2D eigenvalue weighted by Crippen LogP contribution is -2.40. The predicted octanol–water partition coefficient (Wildman–Crippen LogP) is 3.89. The number of carbonyl (C=O) groups is 1. The molecule has 1 fully saturated rings. The number of hydrogen-bond acceptors (Lipinski definition) is 4. The van der Waals surface area contributed by atoms with Crippen molar-refractivity contribution >= 4 is 23.1 Å². The molecule has 120 valence electrons. The lowest BCUT2D eigenvalue weighted by Gasteiger charge is -2.31. The third-order valence-electron chi connectivity index (χ3n) is 4.42. The topological polar surface area (TPSA) is 50.8 Å². The number of rotatable bonds is 2. The number of fused-ring (bicyclic) bond motifs is 1. The number of carbonyl (C=O) groups excluding carboxylic acids is 1. The van der Waals surface area contributed by atoms with E-state index in [1.54, 1.807) is 17.4 Å². The molecule has 0 saturated carbocycles. The van der Waals surface area contributed by atoms with E-state index in [1.165, 1.54) is 5.56 Å². The molecule has 2 amide bonds. The molecule has 2 aliphatic heterocycles. The first-order chi connectivity index (χ1) is 11.3. The number of benzene rings is 1. The van der Waals surface area contributed by atoms with E-state index < -0.39 is 0 Å². The second-order valence-corrected chi connectivity index (χ2v) is 6.60. The van der Waals surface area contributed by atoms with Crippen LogP contribution in [-0.4, -0.2) is 30.8 Å². The summed E-state index contributed by atoms with van der Waals surface area (Å²) in [7, 11) is 0. The van der Waals surface area contributed by atoms with Gasteiger partial charge in [-0.2, -0.15) is 11.3 Å². The van der Waals surface area contributed by atoms with Crippen molar-refractivity contribution in [3.05, 3.63) is 40.6 Å². The molecule has 5 nitrogen and oxygen atoms in total. The molecular formula is C17H18N2O3S. The molecule has 4 rings (SSSR count). The molecule has 0 aliphatic carbocycles. The molecule has 0 radical (unpaired) electrons. The molecule has 6 heteroatoms. The molecule has 0 spiro atoms. The minimum absolute atomic E-state index is 0.0485. The third kappa shape index (κ3) is 2.99. The van der Waals surface area contributed by atoms with Crippen molar-refractivity contribution in [2.24, 2.45) is 0 Å². The van der Waals surface area contributed by atoms with Gasteiger partial charge >= 0.3 is 6.03 Å². The van der Waals surface area contributed by atoms with Gasteiger partial charge in [0, 0.05) is 24.8 Å². The van der Waals surface area contributed by atoms with Gasteiger partial charge in [-0.15, -0.1) is 0 Å². The number of amides is 2. The highest BCUT2D eigenvalue weighted by atomic mass is 32.1. The van der Waals surface area contributed by atoms with E-state index in [9.17, 15) is 4.79 Å². The van der Waals surface area contributed by atoms with Crippen LogP contribution in [0, 0.1) is 0 Å². The van der Waals surface area contributed by atoms with Gasteiger partial charge in [0.05, 0.1) is 0 Å². The SMILES string of the molecule is O=C(Nc1ccc2c(c1)OCO2)N1CCC(c2ccsc2)CC1. The minimum Gasteiger partial charge on any atom is -0.454 e. The van der Waals surface area contributed by atoms with Crippen molar-refractivity contribution in [2.75, 3.05) is 25.2 Å². The summed E-state index contributed by atoms with van der Waals surface area (Å²) >= 11 is 1.74. The first-order valence-corrected chi connectivity index (χ1v) is 8.71. The highest BCUT2D eigenvalue weighted by molar-refractivity contribution is 7.07. The maximum absolute atomic E-state index is 12.4. The quantitative estimate of drug-likeness (QED) is 0.909.